The van der Waals surface area contributed by atoms with E-state index < -0.39 is 18.4 Å². The number of benzene rings is 4. The third-order valence-corrected chi connectivity index (χ3v) is 7.81. The number of rotatable bonds is 9. The van der Waals surface area contributed by atoms with E-state index >= 15 is 4.39 Å². The average molecular weight is 572 g/mol. The molecule has 1 aliphatic carbocycles. The second-order valence-corrected chi connectivity index (χ2v) is 10.7. The molecule has 210 valence electrons. The Bertz CT molecular complexity index is 1550. The average Bonchev–Trinajstić information content (AvgIpc) is 2.99. The zero-order valence-corrected chi connectivity index (χ0v) is 23.3. The van der Waals surface area contributed by atoms with Crippen LogP contribution in [0.3, 0.4) is 0 Å². The summed E-state index contributed by atoms with van der Waals surface area (Å²) in [6.07, 6.45) is 5.92. The zero-order chi connectivity index (χ0) is 28.8. The minimum atomic E-state index is -1.13. The molecule has 0 radical (unpaired) electrons. The third kappa shape index (κ3) is 6.95. The molecule has 1 saturated carbocycles. The predicted molar refractivity (Wildman–Crippen MR) is 159 cm³/mol. The van der Waals surface area contributed by atoms with Crippen LogP contribution in [0.1, 0.15) is 59.5 Å². The van der Waals surface area contributed by atoms with Gasteiger partial charge in [-0.05, 0) is 83.0 Å². The smallest absolute Gasteiger partial charge is 0.322 e. The Labute approximate surface area is 243 Å². The summed E-state index contributed by atoms with van der Waals surface area (Å²) >= 11 is 6.07. The van der Waals surface area contributed by atoms with Crippen molar-refractivity contribution >= 4 is 23.5 Å². The minimum Gasteiger partial charge on any atom is -0.489 e. The van der Waals surface area contributed by atoms with Gasteiger partial charge in [0.1, 0.15) is 24.7 Å². The normalized spacial score (nSPS) is 13.5. The summed E-state index contributed by atoms with van der Waals surface area (Å²) < 4.78 is 21.6. The van der Waals surface area contributed by atoms with Crippen molar-refractivity contribution in [2.75, 3.05) is 6.54 Å². The van der Waals surface area contributed by atoms with Crippen LogP contribution in [-0.2, 0) is 11.4 Å². The van der Waals surface area contributed by atoms with Gasteiger partial charge in [0.25, 0.3) is 5.91 Å². The van der Waals surface area contributed by atoms with Crippen molar-refractivity contribution < 1.29 is 23.8 Å². The van der Waals surface area contributed by atoms with Gasteiger partial charge in [0.05, 0.1) is 0 Å². The van der Waals surface area contributed by atoms with Crippen LogP contribution in [0.2, 0.25) is 5.02 Å². The lowest BCUT2D eigenvalue weighted by Crippen LogP contribution is -2.29. The van der Waals surface area contributed by atoms with E-state index in [1.54, 1.807) is 42.5 Å². The fraction of sp³-hybridized carbons (Fsp3) is 0.235. The van der Waals surface area contributed by atoms with Crippen LogP contribution >= 0.6 is 11.6 Å². The summed E-state index contributed by atoms with van der Waals surface area (Å²) in [4.78, 5) is 23.4. The lowest BCUT2D eigenvalue weighted by molar-refractivity contribution is -0.135. The molecule has 0 spiro atoms. The number of amides is 1. The molecule has 7 heteroatoms. The van der Waals surface area contributed by atoms with Crippen LogP contribution in [0.4, 0.5) is 4.39 Å². The van der Waals surface area contributed by atoms with Crippen molar-refractivity contribution in [3.63, 3.8) is 0 Å². The monoisotopic (exact) mass is 571 g/mol. The summed E-state index contributed by atoms with van der Waals surface area (Å²) in [6.45, 7) is -0.422. The molecule has 4 aromatic carbocycles. The molecule has 1 amide bonds. The maximum absolute atomic E-state index is 15.5. The van der Waals surface area contributed by atoms with Crippen LogP contribution in [0.25, 0.3) is 22.3 Å². The SMILES string of the molecule is O=C(O)CNC(=O)c1ccc(-c2ccc(Cl)cc2)c(COc2ccc(-c3ccccc3C3CCCCC3)c(F)c2)c1. The topological polar surface area (TPSA) is 75.6 Å². The number of nitrogens with one attached hydrogen (secondary N) is 1. The van der Waals surface area contributed by atoms with Crippen molar-refractivity contribution in [1.29, 1.82) is 0 Å². The zero-order valence-electron chi connectivity index (χ0n) is 22.5. The summed E-state index contributed by atoms with van der Waals surface area (Å²) in [5, 5.41) is 11.9. The Hall–Kier alpha value is -4.16. The number of ether oxygens (including phenoxy) is 1. The van der Waals surface area contributed by atoms with Gasteiger partial charge in [0.15, 0.2) is 0 Å². The number of carboxylic acids is 1. The van der Waals surface area contributed by atoms with Gasteiger partial charge in [0.2, 0.25) is 0 Å². The highest BCUT2D eigenvalue weighted by atomic mass is 35.5. The second kappa shape index (κ2) is 13.0. The van der Waals surface area contributed by atoms with Gasteiger partial charge < -0.3 is 15.2 Å². The van der Waals surface area contributed by atoms with Crippen molar-refractivity contribution in [2.24, 2.45) is 0 Å². The highest BCUT2D eigenvalue weighted by Gasteiger charge is 2.20. The quantitative estimate of drug-likeness (QED) is 0.212. The van der Waals surface area contributed by atoms with Crippen molar-refractivity contribution in [3.05, 3.63) is 112 Å². The Morgan fingerprint density at radius 1 is 0.878 bits per heavy atom. The fourth-order valence-corrected chi connectivity index (χ4v) is 5.63. The van der Waals surface area contributed by atoms with E-state index in [1.165, 1.54) is 30.9 Å². The van der Waals surface area contributed by atoms with Crippen LogP contribution in [0, 0.1) is 5.82 Å². The number of carbonyl (C=O) groups is 2. The van der Waals surface area contributed by atoms with Gasteiger partial charge in [-0.2, -0.15) is 0 Å². The lowest BCUT2D eigenvalue weighted by atomic mass is 9.81. The van der Waals surface area contributed by atoms with Crippen LogP contribution in [0.5, 0.6) is 5.75 Å². The molecule has 5 rings (SSSR count). The molecule has 0 aromatic heterocycles. The van der Waals surface area contributed by atoms with Crippen molar-refractivity contribution in [3.8, 4) is 28.0 Å². The number of halogens is 2. The maximum Gasteiger partial charge on any atom is 0.322 e. The summed E-state index contributed by atoms with van der Waals surface area (Å²) in [7, 11) is 0. The maximum atomic E-state index is 15.5. The lowest BCUT2D eigenvalue weighted by Gasteiger charge is -2.24. The van der Waals surface area contributed by atoms with Crippen LogP contribution < -0.4 is 10.1 Å². The standard InChI is InChI=1S/C34H31ClFNO4/c35-26-13-10-23(11-14-26)28-16-12-24(34(40)37-20-33(38)39)18-25(28)21-41-27-15-17-31(32(36)19-27)30-9-5-4-8-29(30)22-6-2-1-3-7-22/h4-5,8-19,22H,1-3,6-7,20-21H2,(H,37,40)(H,38,39). The Morgan fingerprint density at radius 2 is 1.61 bits per heavy atom. The van der Waals surface area contributed by atoms with Gasteiger partial charge in [-0.1, -0.05) is 73.3 Å². The molecule has 0 bridgehead atoms. The van der Waals surface area contributed by atoms with E-state index in [1.807, 2.05) is 30.3 Å². The highest BCUT2D eigenvalue weighted by Crippen LogP contribution is 2.39. The second-order valence-electron chi connectivity index (χ2n) is 10.3. The van der Waals surface area contributed by atoms with Gasteiger partial charge in [-0.25, -0.2) is 4.39 Å². The van der Waals surface area contributed by atoms with E-state index in [9.17, 15) is 9.59 Å². The number of aliphatic carboxylic acids is 1. The minimum absolute atomic E-state index is 0.0649. The Balaban J connectivity index is 1.40. The Kier molecular flexibility index (Phi) is 9.00. The van der Waals surface area contributed by atoms with Crippen molar-refractivity contribution in [1.82, 2.24) is 5.32 Å². The summed E-state index contributed by atoms with van der Waals surface area (Å²) in [6, 6.07) is 25.4. The molecular weight excluding hydrogens is 541 g/mol. The molecule has 41 heavy (non-hydrogen) atoms. The number of hydrogen-bond donors (Lipinski definition) is 2. The molecule has 0 aliphatic heterocycles. The first-order valence-corrected chi connectivity index (χ1v) is 14.2. The van der Waals surface area contributed by atoms with Gasteiger partial charge in [0, 0.05) is 22.2 Å². The number of hydrogen-bond acceptors (Lipinski definition) is 3. The highest BCUT2D eigenvalue weighted by molar-refractivity contribution is 6.30. The van der Waals surface area contributed by atoms with E-state index in [-0.39, 0.29) is 12.4 Å². The first kappa shape index (κ1) is 28.4. The van der Waals surface area contributed by atoms with Gasteiger partial charge in [-0.3, -0.25) is 9.59 Å². The molecule has 0 atom stereocenters. The molecule has 0 saturated heterocycles. The fourth-order valence-electron chi connectivity index (χ4n) is 5.50. The summed E-state index contributed by atoms with van der Waals surface area (Å²) in [5.41, 5.74) is 5.34. The van der Waals surface area contributed by atoms with E-state index in [0.717, 1.165) is 29.5 Å². The van der Waals surface area contributed by atoms with Crippen molar-refractivity contribution in [2.45, 2.75) is 44.6 Å². The first-order chi connectivity index (χ1) is 19.9. The van der Waals surface area contributed by atoms with Crippen LogP contribution in [-0.4, -0.2) is 23.5 Å². The number of carbonyl (C=O) groups excluding carboxylic acids is 1. The first-order valence-electron chi connectivity index (χ1n) is 13.8. The van der Waals surface area contributed by atoms with E-state index in [4.69, 9.17) is 21.4 Å². The van der Waals surface area contributed by atoms with E-state index in [2.05, 4.69) is 11.4 Å². The molecule has 4 aromatic rings. The molecule has 1 aliphatic rings. The summed E-state index contributed by atoms with van der Waals surface area (Å²) in [5.74, 6) is -1.19. The number of carboxylic acid groups (broad SMARTS) is 1. The Morgan fingerprint density at radius 3 is 2.34 bits per heavy atom. The van der Waals surface area contributed by atoms with Gasteiger partial charge >= 0.3 is 5.97 Å². The van der Waals surface area contributed by atoms with Crippen LogP contribution in [0.15, 0.2) is 84.9 Å². The van der Waals surface area contributed by atoms with E-state index in [0.29, 0.717) is 33.4 Å². The molecule has 0 unspecified atom stereocenters. The van der Waals surface area contributed by atoms with Gasteiger partial charge in [-0.15, -0.1) is 0 Å². The molecule has 2 N–H and O–H groups in total. The molecular formula is C34H31ClFNO4. The largest absolute Gasteiger partial charge is 0.489 e. The molecule has 0 heterocycles. The predicted octanol–water partition coefficient (Wildman–Crippen LogP) is 8.25. The molecule has 5 nitrogen and oxygen atoms in total. The third-order valence-electron chi connectivity index (χ3n) is 7.55. The molecule has 1 fully saturated rings.